The number of aryl methyl sites for hydroxylation is 1. The number of fused-ring (bicyclic) bond motifs is 1. The van der Waals surface area contributed by atoms with Gasteiger partial charge in [-0.15, -0.1) is 0 Å². The largest absolute Gasteiger partial charge is 0.310 e. The van der Waals surface area contributed by atoms with Crippen LogP contribution in [0.2, 0.25) is 0 Å². The smallest absolute Gasteiger partial charge is 0.0294 e. The molecule has 0 bridgehead atoms. The van der Waals surface area contributed by atoms with Crippen molar-refractivity contribution in [2.75, 3.05) is 6.54 Å². The van der Waals surface area contributed by atoms with Gasteiger partial charge in [0.15, 0.2) is 0 Å². The van der Waals surface area contributed by atoms with Crippen LogP contribution in [-0.2, 0) is 6.42 Å². The lowest BCUT2D eigenvalue weighted by atomic mass is 9.92. The molecule has 1 N–H and O–H groups in total. The van der Waals surface area contributed by atoms with E-state index in [1.165, 1.54) is 17.5 Å². The van der Waals surface area contributed by atoms with Gasteiger partial charge in [0, 0.05) is 6.04 Å². The number of nitrogens with one attached hydrogen (secondary N) is 1. The summed E-state index contributed by atoms with van der Waals surface area (Å²) in [6, 6.07) is 7.13. The minimum absolute atomic E-state index is 0.536. The summed E-state index contributed by atoms with van der Waals surface area (Å²) in [7, 11) is 0. The first-order valence-corrected chi connectivity index (χ1v) is 4.61. The third kappa shape index (κ3) is 1.14. The van der Waals surface area contributed by atoms with E-state index in [2.05, 4.69) is 37.4 Å². The second-order valence-corrected chi connectivity index (χ2v) is 3.57. The molecule has 1 heterocycles. The standard InChI is InChI=1S/C11H15N/c1-8-4-3-5-11-9(2)12-7-6-10(8)11/h3-5,9,12H,6-7H2,1-2H3/t9-/m1/s1. The molecule has 0 radical (unpaired) electrons. The molecule has 0 aliphatic carbocycles. The van der Waals surface area contributed by atoms with Gasteiger partial charge in [0.05, 0.1) is 0 Å². The van der Waals surface area contributed by atoms with Crippen LogP contribution < -0.4 is 5.32 Å². The summed E-state index contributed by atoms with van der Waals surface area (Å²) < 4.78 is 0. The van der Waals surface area contributed by atoms with E-state index in [9.17, 15) is 0 Å². The number of hydrogen-bond donors (Lipinski definition) is 1. The topological polar surface area (TPSA) is 12.0 Å². The van der Waals surface area contributed by atoms with Crippen molar-refractivity contribution in [1.29, 1.82) is 0 Å². The number of rotatable bonds is 0. The van der Waals surface area contributed by atoms with Crippen molar-refractivity contribution in [2.45, 2.75) is 26.3 Å². The van der Waals surface area contributed by atoms with Gasteiger partial charge in [0.1, 0.15) is 0 Å². The Morgan fingerprint density at radius 1 is 1.42 bits per heavy atom. The molecule has 1 aliphatic heterocycles. The van der Waals surface area contributed by atoms with Crippen molar-refractivity contribution in [2.24, 2.45) is 0 Å². The molecule has 0 unspecified atom stereocenters. The maximum Gasteiger partial charge on any atom is 0.0294 e. The molecule has 12 heavy (non-hydrogen) atoms. The summed E-state index contributed by atoms with van der Waals surface area (Å²) in [5.41, 5.74) is 4.49. The fourth-order valence-corrected chi connectivity index (χ4v) is 2.00. The van der Waals surface area contributed by atoms with Crippen LogP contribution in [0, 0.1) is 6.92 Å². The molecule has 1 aromatic carbocycles. The molecule has 0 amide bonds. The van der Waals surface area contributed by atoms with Gasteiger partial charge in [-0.3, -0.25) is 0 Å². The highest BCUT2D eigenvalue weighted by molar-refractivity contribution is 5.38. The van der Waals surface area contributed by atoms with E-state index < -0.39 is 0 Å². The molecular weight excluding hydrogens is 146 g/mol. The van der Waals surface area contributed by atoms with Crippen molar-refractivity contribution in [1.82, 2.24) is 5.32 Å². The molecular formula is C11H15N. The first-order chi connectivity index (χ1) is 5.79. The maximum atomic E-state index is 3.47. The van der Waals surface area contributed by atoms with Crippen LogP contribution >= 0.6 is 0 Å². The monoisotopic (exact) mass is 161 g/mol. The van der Waals surface area contributed by atoms with E-state index in [-0.39, 0.29) is 0 Å². The van der Waals surface area contributed by atoms with Gasteiger partial charge in [0.2, 0.25) is 0 Å². The van der Waals surface area contributed by atoms with Crippen molar-refractivity contribution in [3.05, 3.63) is 34.9 Å². The Labute approximate surface area is 73.8 Å². The van der Waals surface area contributed by atoms with Crippen molar-refractivity contribution >= 4 is 0 Å². The predicted molar refractivity (Wildman–Crippen MR) is 51.3 cm³/mol. The molecule has 1 nitrogen and oxygen atoms in total. The highest BCUT2D eigenvalue weighted by Gasteiger charge is 2.15. The number of benzene rings is 1. The highest BCUT2D eigenvalue weighted by atomic mass is 14.9. The lowest BCUT2D eigenvalue weighted by Crippen LogP contribution is -2.28. The van der Waals surface area contributed by atoms with Gasteiger partial charge >= 0.3 is 0 Å². The Hall–Kier alpha value is -0.820. The average Bonchev–Trinajstić information content (AvgIpc) is 2.07. The molecule has 1 atom stereocenters. The molecule has 1 aliphatic rings. The van der Waals surface area contributed by atoms with Gasteiger partial charge in [0.25, 0.3) is 0 Å². The van der Waals surface area contributed by atoms with Gasteiger partial charge < -0.3 is 5.32 Å². The quantitative estimate of drug-likeness (QED) is 0.615. The molecule has 0 saturated heterocycles. The summed E-state index contributed by atoms with van der Waals surface area (Å²) in [6.07, 6.45) is 1.19. The van der Waals surface area contributed by atoms with Crippen LogP contribution in [0.3, 0.4) is 0 Å². The van der Waals surface area contributed by atoms with Crippen LogP contribution in [0.15, 0.2) is 18.2 Å². The van der Waals surface area contributed by atoms with Crippen LogP contribution in [0.5, 0.6) is 0 Å². The van der Waals surface area contributed by atoms with Gasteiger partial charge in [-0.05, 0) is 43.5 Å². The van der Waals surface area contributed by atoms with E-state index in [1.54, 1.807) is 5.56 Å². The van der Waals surface area contributed by atoms with Crippen LogP contribution in [0.25, 0.3) is 0 Å². The van der Waals surface area contributed by atoms with Crippen molar-refractivity contribution in [3.8, 4) is 0 Å². The minimum atomic E-state index is 0.536. The summed E-state index contributed by atoms with van der Waals surface area (Å²) in [4.78, 5) is 0. The van der Waals surface area contributed by atoms with Crippen molar-refractivity contribution < 1.29 is 0 Å². The van der Waals surface area contributed by atoms with Gasteiger partial charge in [-0.1, -0.05) is 18.2 Å². The fourth-order valence-electron chi connectivity index (χ4n) is 2.00. The molecule has 1 aromatic rings. The Morgan fingerprint density at radius 2 is 2.25 bits per heavy atom. The van der Waals surface area contributed by atoms with Crippen LogP contribution in [0.4, 0.5) is 0 Å². The second-order valence-electron chi connectivity index (χ2n) is 3.57. The fraction of sp³-hybridized carbons (Fsp3) is 0.455. The van der Waals surface area contributed by atoms with Crippen LogP contribution in [-0.4, -0.2) is 6.54 Å². The molecule has 64 valence electrons. The second kappa shape index (κ2) is 2.91. The Kier molecular flexibility index (Phi) is 1.89. The van der Waals surface area contributed by atoms with Crippen LogP contribution in [0.1, 0.15) is 29.7 Å². The average molecular weight is 161 g/mol. The summed E-state index contributed by atoms with van der Waals surface area (Å²) in [6.45, 7) is 5.56. The first kappa shape index (κ1) is 7.81. The zero-order chi connectivity index (χ0) is 8.55. The Balaban J connectivity index is 2.52. The van der Waals surface area contributed by atoms with Gasteiger partial charge in [-0.2, -0.15) is 0 Å². The SMILES string of the molecule is Cc1cccc2c1CCN[C@@H]2C. The van der Waals surface area contributed by atoms with Crippen molar-refractivity contribution in [3.63, 3.8) is 0 Å². The molecule has 0 aromatic heterocycles. The molecule has 1 heteroatoms. The lowest BCUT2D eigenvalue weighted by molar-refractivity contribution is 0.539. The first-order valence-electron chi connectivity index (χ1n) is 4.61. The maximum absolute atomic E-state index is 3.47. The summed E-state index contributed by atoms with van der Waals surface area (Å²) in [5.74, 6) is 0. The normalized spacial score (nSPS) is 22.0. The molecule has 0 spiro atoms. The molecule has 2 rings (SSSR count). The molecule has 0 fully saturated rings. The summed E-state index contributed by atoms with van der Waals surface area (Å²) in [5, 5.41) is 3.47. The zero-order valence-corrected chi connectivity index (χ0v) is 7.72. The summed E-state index contributed by atoms with van der Waals surface area (Å²) >= 11 is 0. The minimum Gasteiger partial charge on any atom is -0.310 e. The third-order valence-corrected chi connectivity index (χ3v) is 2.74. The predicted octanol–water partition coefficient (Wildman–Crippen LogP) is 2.20. The van der Waals surface area contributed by atoms with E-state index in [1.807, 2.05) is 0 Å². The molecule has 0 saturated carbocycles. The third-order valence-electron chi connectivity index (χ3n) is 2.74. The lowest BCUT2D eigenvalue weighted by Gasteiger charge is -2.25. The highest BCUT2D eigenvalue weighted by Crippen LogP contribution is 2.24. The van der Waals surface area contributed by atoms with Gasteiger partial charge in [-0.25, -0.2) is 0 Å². The van der Waals surface area contributed by atoms with E-state index in [0.717, 1.165) is 6.54 Å². The van der Waals surface area contributed by atoms with E-state index in [0.29, 0.717) is 6.04 Å². The Bertz CT molecular complexity index is 291. The van der Waals surface area contributed by atoms with E-state index in [4.69, 9.17) is 0 Å². The Morgan fingerprint density at radius 3 is 3.00 bits per heavy atom. The zero-order valence-electron chi connectivity index (χ0n) is 7.72. The number of hydrogen-bond acceptors (Lipinski definition) is 1. The van der Waals surface area contributed by atoms with E-state index >= 15 is 0 Å².